The Bertz CT molecular complexity index is 661. The molecule has 2 rings (SSSR count). The van der Waals surface area contributed by atoms with Gasteiger partial charge in [0, 0.05) is 32.0 Å². The van der Waals surface area contributed by atoms with Crippen molar-refractivity contribution in [2.24, 2.45) is 0 Å². The lowest BCUT2D eigenvalue weighted by Gasteiger charge is -2.10. The fourth-order valence-electron chi connectivity index (χ4n) is 2.27. The number of rotatable bonds is 9. The van der Waals surface area contributed by atoms with Gasteiger partial charge in [-0.05, 0) is 30.2 Å². The van der Waals surface area contributed by atoms with Gasteiger partial charge in [0.15, 0.2) is 0 Å². The number of nitrogens with zero attached hydrogens (tertiary/aromatic N) is 1. The third kappa shape index (κ3) is 5.24. The van der Waals surface area contributed by atoms with Gasteiger partial charge >= 0.3 is 0 Å². The second-order valence-electron chi connectivity index (χ2n) is 5.17. The van der Waals surface area contributed by atoms with Gasteiger partial charge in [-0.3, -0.25) is 4.79 Å². The van der Waals surface area contributed by atoms with Crippen LogP contribution in [0.2, 0.25) is 0 Å². The second-order valence-corrected chi connectivity index (χ2v) is 5.17. The number of aromatic nitrogens is 1. The molecule has 128 valence electrons. The molecule has 0 aliphatic rings. The number of para-hydroxylation sites is 1. The van der Waals surface area contributed by atoms with Gasteiger partial charge in [0.25, 0.3) is 5.91 Å². The molecule has 2 aromatic rings. The third-order valence-corrected chi connectivity index (χ3v) is 3.51. The molecular weight excluding hydrogens is 306 g/mol. The van der Waals surface area contributed by atoms with Crippen LogP contribution in [0.5, 0.6) is 5.75 Å². The number of nitrogens with one attached hydrogen (secondary N) is 2. The monoisotopic (exact) mass is 329 g/mol. The van der Waals surface area contributed by atoms with Crippen molar-refractivity contribution in [2.45, 2.75) is 6.42 Å². The molecule has 1 heterocycles. The Kier molecular flexibility index (Phi) is 7.04. The molecule has 24 heavy (non-hydrogen) atoms. The predicted molar refractivity (Wildman–Crippen MR) is 93.6 cm³/mol. The average molecular weight is 329 g/mol. The summed E-state index contributed by atoms with van der Waals surface area (Å²) in [5.74, 6) is 1.41. The summed E-state index contributed by atoms with van der Waals surface area (Å²) in [6, 6.07) is 11.3. The number of hydrogen-bond donors (Lipinski definition) is 2. The molecule has 1 aromatic heterocycles. The first-order valence-corrected chi connectivity index (χ1v) is 7.83. The molecule has 0 radical (unpaired) electrons. The Morgan fingerprint density at radius 3 is 2.79 bits per heavy atom. The molecular formula is C18H23N3O3. The average Bonchev–Trinajstić information content (AvgIpc) is 2.62. The first kappa shape index (κ1) is 17.7. The zero-order valence-corrected chi connectivity index (χ0v) is 14.0. The molecule has 0 aliphatic carbocycles. The Labute approximate surface area is 142 Å². The van der Waals surface area contributed by atoms with Gasteiger partial charge in [0.1, 0.15) is 11.6 Å². The lowest BCUT2D eigenvalue weighted by molar-refractivity contribution is 0.0937. The number of ether oxygens (including phenoxy) is 2. The van der Waals surface area contributed by atoms with Crippen molar-refractivity contribution in [3.63, 3.8) is 0 Å². The fourth-order valence-corrected chi connectivity index (χ4v) is 2.27. The van der Waals surface area contributed by atoms with Crippen LogP contribution in [0.4, 0.5) is 5.82 Å². The summed E-state index contributed by atoms with van der Waals surface area (Å²) in [4.78, 5) is 16.3. The van der Waals surface area contributed by atoms with Crippen LogP contribution in [0, 0.1) is 0 Å². The number of anilines is 1. The first-order valence-electron chi connectivity index (χ1n) is 7.83. The number of carbonyl (C=O) groups excluding carboxylic acids is 1. The normalized spacial score (nSPS) is 10.2. The minimum atomic E-state index is -0.137. The molecule has 0 aliphatic heterocycles. The Morgan fingerprint density at radius 1 is 1.17 bits per heavy atom. The summed E-state index contributed by atoms with van der Waals surface area (Å²) in [7, 11) is 3.27. The highest BCUT2D eigenvalue weighted by atomic mass is 16.5. The molecule has 0 unspecified atom stereocenters. The molecule has 0 fully saturated rings. The lowest BCUT2D eigenvalue weighted by atomic mass is 10.1. The van der Waals surface area contributed by atoms with Crippen molar-refractivity contribution >= 4 is 11.7 Å². The molecule has 0 atom stereocenters. The van der Waals surface area contributed by atoms with Crippen LogP contribution in [0.3, 0.4) is 0 Å². The third-order valence-electron chi connectivity index (χ3n) is 3.51. The number of benzene rings is 1. The molecule has 0 bridgehead atoms. The molecule has 1 amide bonds. The summed E-state index contributed by atoms with van der Waals surface area (Å²) in [6.45, 7) is 1.66. The van der Waals surface area contributed by atoms with E-state index in [1.807, 2.05) is 24.3 Å². The van der Waals surface area contributed by atoms with E-state index in [1.165, 1.54) is 0 Å². The topological polar surface area (TPSA) is 72.5 Å². The quantitative estimate of drug-likeness (QED) is 0.690. The molecule has 6 nitrogen and oxygen atoms in total. The number of methoxy groups -OCH3 is 2. The van der Waals surface area contributed by atoms with E-state index in [1.54, 1.807) is 32.5 Å². The van der Waals surface area contributed by atoms with Crippen molar-refractivity contribution in [1.82, 2.24) is 10.3 Å². The van der Waals surface area contributed by atoms with Crippen LogP contribution < -0.4 is 15.4 Å². The second kappa shape index (κ2) is 9.52. The first-order chi connectivity index (χ1) is 11.7. The van der Waals surface area contributed by atoms with Crippen LogP contribution >= 0.6 is 0 Å². The maximum Gasteiger partial charge on any atom is 0.251 e. The highest BCUT2D eigenvalue weighted by Gasteiger charge is 2.06. The van der Waals surface area contributed by atoms with Gasteiger partial charge in [0.05, 0.1) is 13.7 Å². The summed E-state index contributed by atoms with van der Waals surface area (Å²) >= 11 is 0. The molecule has 0 spiro atoms. The van der Waals surface area contributed by atoms with Crippen LogP contribution in [0.1, 0.15) is 15.9 Å². The van der Waals surface area contributed by atoms with E-state index in [0.29, 0.717) is 31.1 Å². The summed E-state index contributed by atoms with van der Waals surface area (Å²) in [6.07, 6.45) is 2.42. The predicted octanol–water partition coefficient (Wildman–Crippen LogP) is 2.12. The molecule has 1 aromatic carbocycles. The maximum atomic E-state index is 12.0. The van der Waals surface area contributed by atoms with Crippen molar-refractivity contribution in [3.05, 3.63) is 53.7 Å². The van der Waals surface area contributed by atoms with Crippen molar-refractivity contribution in [1.29, 1.82) is 0 Å². The number of amides is 1. The summed E-state index contributed by atoms with van der Waals surface area (Å²) in [5.41, 5.74) is 1.70. The van der Waals surface area contributed by atoms with Crippen molar-refractivity contribution in [3.8, 4) is 5.75 Å². The summed E-state index contributed by atoms with van der Waals surface area (Å²) in [5, 5.41) is 6.02. The highest BCUT2D eigenvalue weighted by Crippen LogP contribution is 2.17. The van der Waals surface area contributed by atoms with Gasteiger partial charge < -0.3 is 20.1 Å². The molecule has 0 saturated heterocycles. The van der Waals surface area contributed by atoms with Gasteiger partial charge in [-0.2, -0.15) is 0 Å². The van der Waals surface area contributed by atoms with E-state index >= 15 is 0 Å². The Morgan fingerprint density at radius 2 is 2.00 bits per heavy atom. The SMILES string of the molecule is COCCNC(=O)c1ccnc(NCCc2ccccc2OC)c1. The van der Waals surface area contributed by atoms with E-state index in [4.69, 9.17) is 9.47 Å². The fraction of sp³-hybridized carbons (Fsp3) is 0.333. The Hall–Kier alpha value is -2.60. The van der Waals surface area contributed by atoms with Gasteiger partial charge in [0.2, 0.25) is 0 Å². The Balaban J connectivity index is 1.89. The van der Waals surface area contributed by atoms with E-state index in [-0.39, 0.29) is 5.91 Å². The largest absolute Gasteiger partial charge is 0.496 e. The number of pyridine rings is 1. The minimum Gasteiger partial charge on any atom is -0.496 e. The summed E-state index contributed by atoms with van der Waals surface area (Å²) < 4.78 is 10.3. The number of carbonyl (C=O) groups is 1. The van der Waals surface area contributed by atoms with Crippen molar-refractivity contribution < 1.29 is 14.3 Å². The van der Waals surface area contributed by atoms with Crippen molar-refractivity contribution in [2.75, 3.05) is 39.2 Å². The molecule has 0 saturated carbocycles. The zero-order valence-electron chi connectivity index (χ0n) is 14.0. The van der Waals surface area contributed by atoms with Gasteiger partial charge in [-0.15, -0.1) is 0 Å². The van der Waals surface area contributed by atoms with Gasteiger partial charge in [-0.1, -0.05) is 18.2 Å². The van der Waals surface area contributed by atoms with Crippen LogP contribution in [0.15, 0.2) is 42.6 Å². The minimum absolute atomic E-state index is 0.137. The molecule has 6 heteroatoms. The molecule has 2 N–H and O–H groups in total. The van der Waals surface area contributed by atoms with Gasteiger partial charge in [-0.25, -0.2) is 4.98 Å². The van der Waals surface area contributed by atoms with E-state index in [9.17, 15) is 4.79 Å². The standard InChI is InChI=1S/C18H23N3O3/c1-23-12-11-21-18(22)15-8-10-20-17(13-15)19-9-7-14-5-3-4-6-16(14)24-2/h3-6,8,10,13H,7,9,11-12H2,1-2H3,(H,19,20)(H,21,22). The zero-order chi connectivity index (χ0) is 17.2. The maximum absolute atomic E-state index is 12.0. The van der Waals surface area contributed by atoms with E-state index in [2.05, 4.69) is 15.6 Å². The van der Waals surface area contributed by atoms with Crippen LogP contribution in [0.25, 0.3) is 0 Å². The lowest BCUT2D eigenvalue weighted by Crippen LogP contribution is -2.27. The van der Waals surface area contributed by atoms with Crippen LogP contribution in [-0.2, 0) is 11.2 Å². The highest BCUT2D eigenvalue weighted by molar-refractivity contribution is 5.94. The smallest absolute Gasteiger partial charge is 0.251 e. The number of hydrogen-bond acceptors (Lipinski definition) is 5. The van der Waals surface area contributed by atoms with Crippen LogP contribution in [-0.4, -0.2) is 44.8 Å². The van der Waals surface area contributed by atoms with E-state index < -0.39 is 0 Å². The van der Waals surface area contributed by atoms with E-state index in [0.717, 1.165) is 17.7 Å².